The van der Waals surface area contributed by atoms with Crippen LogP contribution in [0.4, 0.5) is 5.69 Å². The Kier molecular flexibility index (Phi) is 5.45. The van der Waals surface area contributed by atoms with Gasteiger partial charge in [-0.05, 0) is 68.7 Å². The number of allylic oxidation sites excluding steroid dienone is 2. The number of hydrogen-bond donors (Lipinski definition) is 1. The molecule has 1 atom stereocenters. The average molecular weight is 326 g/mol. The van der Waals surface area contributed by atoms with Gasteiger partial charge in [0.1, 0.15) is 0 Å². The summed E-state index contributed by atoms with van der Waals surface area (Å²) in [5.41, 5.74) is 7.26. The predicted octanol–water partition coefficient (Wildman–Crippen LogP) is 3.31. The molecule has 3 rings (SSSR count). The summed E-state index contributed by atoms with van der Waals surface area (Å²) in [5, 5.41) is 0. The van der Waals surface area contributed by atoms with Gasteiger partial charge in [0.2, 0.25) is 0 Å². The van der Waals surface area contributed by atoms with E-state index < -0.39 is 0 Å². The smallest absolute Gasteiger partial charge is 0.0988 e. The molecule has 0 bridgehead atoms. The fraction of sp³-hybridized carbons (Fsp3) is 0.545. The fourth-order valence-corrected chi connectivity index (χ4v) is 4.12. The first kappa shape index (κ1) is 17.3. The highest BCUT2D eigenvalue weighted by atomic mass is 15.3. The number of hydrogen-bond acceptors (Lipinski definition) is 1. The molecule has 0 aromatic heterocycles. The topological polar surface area (TPSA) is 7.68 Å². The molecule has 1 heterocycles. The maximum absolute atomic E-state index is 4.13. The summed E-state index contributed by atoms with van der Waals surface area (Å²) in [6.07, 6.45) is 6.31. The van der Waals surface area contributed by atoms with Crippen molar-refractivity contribution in [3.63, 3.8) is 0 Å². The Morgan fingerprint density at radius 3 is 2.62 bits per heavy atom. The molecule has 130 valence electrons. The zero-order valence-corrected chi connectivity index (χ0v) is 15.7. The van der Waals surface area contributed by atoms with Gasteiger partial charge in [-0.25, -0.2) is 0 Å². The van der Waals surface area contributed by atoms with Gasteiger partial charge in [0.05, 0.1) is 32.7 Å². The molecule has 1 N–H and O–H groups in total. The van der Waals surface area contributed by atoms with Gasteiger partial charge in [0.15, 0.2) is 0 Å². The van der Waals surface area contributed by atoms with Crippen LogP contribution in [0.15, 0.2) is 42.0 Å². The summed E-state index contributed by atoms with van der Waals surface area (Å²) >= 11 is 0. The molecule has 2 heteroatoms. The average Bonchev–Trinajstić information content (AvgIpc) is 2.58. The third-order valence-electron chi connectivity index (χ3n) is 5.85. The molecule has 0 saturated carbocycles. The van der Waals surface area contributed by atoms with Crippen LogP contribution < -0.4 is 9.80 Å². The van der Waals surface area contributed by atoms with Gasteiger partial charge in [0.25, 0.3) is 0 Å². The van der Waals surface area contributed by atoms with Crippen molar-refractivity contribution >= 4 is 5.69 Å². The third-order valence-corrected chi connectivity index (χ3v) is 5.85. The van der Waals surface area contributed by atoms with Crippen molar-refractivity contribution in [1.29, 1.82) is 0 Å². The summed E-state index contributed by atoms with van der Waals surface area (Å²) < 4.78 is 0. The van der Waals surface area contributed by atoms with E-state index in [-0.39, 0.29) is 0 Å². The van der Waals surface area contributed by atoms with Crippen LogP contribution >= 0.6 is 0 Å². The molecule has 0 radical (unpaired) electrons. The first-order chi connectivity index (χ1) is 11.5. The van der Waals surface area contributed by atoms with Gasteiger partial charge in [-0.15, -0.1) is 0 Å². The van der Waals surface area contributed by atoms with E-state index in [1.165, 1.54) is 74.4 Å². The lowest BCUT2D eigenvalue weighted by Gasteiger charge is -2.35. The Morgan fingerprint density at radius 2 is 2.00 bits per heavy atom. The standard InChI is InChI=1S/C22H32N2/c1-17(2)21-9-7-20(8-10-21)16-23-11-13-24(14-12-23)22-15-18(3)5-6-19(22)4/h5-7,15,21H,1,8-14,16H2,2-4H3/p+1/t21-/m1/s1. The molecule has 1 aliphatic carbocycles. The van der Waals surface area contributed by atoms with Crippen LogP contribution in [0.1, 0.15) is 37.3 Å². The summed E-state index contributed by atoms with van der Waals surface area (Å²) in [6, 6.07) is 6.82. The van der Waals surface area contributed by atoms with E-state index in [0.717, 1.165) is 5.92 Å². The number of piperazine rings is 1. The van der Waals surface area contributed by atoms with E-state index in [0.29, 0.717) is 0 Å². The second kappa shape index (κ2) is 7.57. The minimum atomic E-state index is 0.727. The maximum atomic E-state index is 4.13. The molecule has 2 aliphatic rings. The van der Waals surface area contributed by atoms with Crippen LogP contribution in [0, 0.1) is 19.8 Å². The predicted molar refractivity (Wildman–Crippen MR) is 104 cm³/mol. The summed E-state index contributed by atoms with van der Waals surface area (Å²) in [5.74, 6) is 0.727. The van der Waals surface area contributed by atoms with Crippen molar-refractivity contribution in [3.8, 4) is 0 Å². The lowest BCUT2D eigenvalue weighted by Crippen LogP contribution is -3.15. The van der Waals surface area contributed by atoms with Gasteiger partial charge >= 0.3 is 0 Å². The van der Waals surface area contributed by atoms with E-state index in [9.17, 15) is 0 Å². The first-order valence-electron chi connectivity index (χ1n) is 9.52. The van der Waals surface area contributed by atoms with Crippen molar-refractivity contribution in [1.82, 2.24) is 0 Å². The minimum Gasteiger partial charge on any atom is -0.360 e. The van der Waals surface area contributed by atoms with Crippen molar-refractivity contribution in [2.24, 2.45) is 5.92 Å². The van der Waals surface area contributed by atoms with Gasteiger partial charge < -0.3 is 9.80 Å². The van der Waals surface area contributed by atoms with Crippen LogP contribution in [0.25, 0.3) is 0 Å². The molecule has 1 aromatic carbocycles. The summed E-state index contributed by atoms with van der Waals surface area (Å²) in [6.45, 7) is 16.9. The maximum Gasteiger partial charge on any atom is 0.0988 e. The Balaban J connectivity index is 1.52. The molecule has 2 nitrogen and oxygen atoms in total. The Hall–Kier alpha value is -1.54. The van der Waals surface area contributed by atoms with Gasteiger partial charge in [-0.2, -0.15) is 0 Å². The number of anilines is 1. The molecule has 1 fully saturated rings. The zero-order chi connectivity index (χ0) is 17.1. The third kappa shape index (κ3) is 4.10. The Morgan fingerprint density at radius 1 is 1.25 bits per heavy atom. The van der Waals surface area contributed by atoms with Gasteiger partial charge in [-0.1, -0.05) is 30.4 Å². The molecule has 1 saturated heterocycles. The van der Waals surface area contributed by atoms with Crippen molar-refractivity contribution in [3.05, 3.63) is 53.1 Å². The zero-order valence-electron chi connectivity index (χ0n) is 15.7. The van der Waals surface area contributed by atoms with E-state index in [4.69, 9.17) is 0 Å². The van der Waals surface area contributed by atoms with Gasteiger partial charge in [-0.3, -0.25) is 0 Å². The second-order valence-electron chi connectivity index (χ2n) is 7.88. The Labute approximate surface area is 147 Å². The van der Waals surface area contributed by atoms with Crippen molar-refractivity contribution in [2.75, 3.05) is 37.6 Å². The number of nitrogens with zero attached hydrogens (tertiary/aromatic N) is 1. The number of benzene rings is 1. The van der Waals surface area contributed by atoms with E-state index in [1.54, 1.807) is 10.5 Å². The molecule has 1 aliphatic heterocycles. The van der Waals surface area contributed by atoms with Gasteiger partial charge in [0, 0.05) is 5.69 Å². The molecule has 24 heavy (non-hydrogen) atoms. The number of nitrogens with one attached hydrogen (secondary N) is 1. The molecule has 0 spiro atoms. The lowest BCUT2D eigenvalue weighted by molar-refractivity contribution is -0.895. The quantitative estimate of drug-likeness (QED) is 0.835. The van der Waals surface area contributed by atoms with Crippen molar-refractivity contribution in [2.45, 2.75) is 40.0 Å². The minimum absolute atomic E-state index is 0.727. The number of rotatable bonds is 4. The highest BCUT2D eigenvalue weighted by molar-refractivity contribution is 5.55. The number of quaternary nitrogens is 1. The highest BCUT2D eigenvalue weighted by Gasteiger charge is 2.23. The molecular formula is C22H33N2+. The van der Waals surface area contributed by atoms with E-state index in [1.807, 2.05) is 0 Å². The first-order valence-corrected chi connectivity index (χ1v) is 9.52. The van der Waals surface area contributed by atoms with E-state index >= 15 is 0 Å². The molecule has 1 aromatic rings. The normalized spacial score (nSPS) is 22.4. The molecule has 0 unspecified atom stereocenters. The molecule has 0 amide bonds. The lowest BCUT2D eigenvalue weighted by atomic mass is 9.85. The summed E-state index contributed by atoms with van der Waals surface area (Å²) in [7, 11) is 0. The van der Waals surface area contributed by atoms with Crippen LogP contribution in [-0.4, -0.2) is 32.7 Å². The fourth-order valence-electron chi connectivity index (χ4n) is 4.12. The molecular weight excluding hydrogens is 292 g/mol. The largest absolute Gasteiger partial charge is 0.360 e. The van der Waals surface area contributed by atoms with Crippen LogP contribution in [0.3, 0.4) is 0 Å². The monoisotopic (exact) mass is 325 g/mol. The van der Waals surface area contributed by atoms with Crippen molar-refractivity contribution < 1.29 is 4.90 Å². The van der Waals surface area contributed by atoms with Crippen LogP contribution in [0.5, 0.6) is 0 Å². The summed E-state index contributed by atoms with van der Waals surface area (Å²) in [4.78, 5) is 4.34. The SMILES string of the molecule is C=C(C)[C@@H]1CC=C(C[NH+]2CCN(c3cc(C)ccc3C)CC2)CC1. The highest BCUT2D eigenvalue weighted by Crippen LogP contribution is 2.27. The second-order valence-corrected chi connectivity index (χ2v) is 7.88. The Bertz CT molecular complexity index is 621. The van der Waals surface area contributed by atoms with Crippen LogP contribution in [0.2, 0.25) is 0 Å². The number of aryl methyl sites for hydroxylation is 2. The van der Waals surface area contributed by atoms with Crippen LogP contribution in [-0.2, 0) is 0 Å². The van der Waals surface area contributed by atoms with E-state index in [2.05, 4.69) is 56.5 Å².